The normalized spacial score (nSPS) is 12.1. The molecule has 3 aromatic rings. The van der Waals surface area contributed by atoms with E-state index in [1.54, 1.807) is 12.1 Å². The van der Waals surface area contributed by atoms with Gasteiger partial charge >= 0.3 is 5.63 Å². The van der Waals surface area contributed by atoms with Crippen molar-refractivity contribution in [2.75, 3.05) is 18.9 Å². The number of carbonyl (C=O) groups is 1. The van der Waals surface area contributed by atoms with E-state index in [0.717, 1.165) is 32.7 Å². The van der Waals surface area contributed by atoms with Crippen molar-refractivity contribution in [2.24, 2.45) is 0 Å². The number of carbonyl (C=O) groups excluding carboxylic acids is 1. The minimum Gasteiger partial charge on any atom is -0.508 e. The summed E-state index contributed by atoms with van der Waals surface area (Å²) >= 11 is 0. The molecule has 2 aromatic carbocycles. The fourth-order valence-corrected chi connectivity index (χ4v) is 3.09. The Morgan fingerprint density at radius 1 is 1.15 bits per heavy atom. The third-order valence-corrected chi connectivity index (χ3v) is 4.44. The van der Waals surface area contributed by atoms with Gasteiger partial charge in [0.25, 0.3) is 5.91 Å². The molecule has 6 heteroatoms. The summed E-state index contributed by atoms with van der Waals surface area (Å²) in [6.45, 7) is 4.67. The van der Waals surface area contributed by atoms with Gasteiger partial charge in [0.05, 0.1) is 7.05 Å². The average Bonchev–Trinajstić information content (AvgIpc) is 2.57. The van der Waals surface area contributed by atoms with Crippen molar-refractivity contribution in [3.8, 4) is 5.75 Å². The monoisotopic (exact) mass is 367 g/mol. The molecule has 0 aliphatic rings. The number of anilines is 1. The second-order valence-electron chi connectivity index (χ2n) is 6.95. The molecule has 0 spiro atoms. The predicted molar refractivity (Wildman–Crippen MR) is 104 cm³/mol. The molecule has 0 bridgehead atoms. The second kappa shape index (κ2) is 7.63. The summed E-state index contributed by atoms with van der Waals surface area (Å²) in [6.07, 6.45) is 0. The first-order valence-corrected chi connectivity index (χ1v) is 8.76. The van der Waals surface area contributed by atoms with Crippen LogP contribution in [0.15, 0.2) is 51.7 Å². The number of aryl methyl sites for hydroxylation is 2. The van der Waals surface area contributed by atoms with Crippen LogP contribution in [0.25, 0.3) is 11.0 Å². The molecule has 3 rings (SSSR count). The molecule has 140 valence electrons. The summed E-state index contributed by atoms with van der Waals surface area (Å²) in [5, 5.41) is 13.3. The van der Waals surface area contributed by atoms with E-state index in [1.807, 2.05) is 39.1 Å². The molecule has 1 atom stereocenters. The Bertz CT molecular complexity index is 1060. The number of phenols is 1. The molecule has 0 fully saturated rings. The third kappa shape index (κ3) is 4.54. The molecular formula is C21H23N2O4+. The average molecular weight is 367 g/mol. The third-order valence-electron chi connectivity index (χ3n) is 4.44. The van der Waals surface area contributed by atoms with Gasteiger partial charge in [-0.1, -0.05) is 12.1 Å². The lowest BCUT2D eigenvalue weighted by Crippen LogP contribution is -3.08. The SMILES string of the molecule is Cc1ccc(C)c(NC(=O)C[NH+](C)Cc2cc(=O)oc3cc(O)ccc23)c1. The number of hydrogen-bond acceptors (Lipinski definition) is 4. The van der Waals surface area contributed by atoms with Crippen LogP contribution < -0.4 is 15.8 Å². The summed E-state index contributed by atoms with van der Waals surface area (Å²) in [5.41, 5.74) is 3.55. The highest BCUT2D eigenvalue weighted by Gasteiger charge is 2.15. The zero-order valence-corrected chi connectivity index (χ0v) is 15.6. The van der Waals surface area contributed by atoms with E-state index >= 15 is 0 Å². The molecular weight excluding hydrogens is 344 g/mol. The van der Waals surface area contributed by atoms with Gasteiger partial charge in [-0.3, -0.25) is 4.79 Å². The number of benzene rings is 2. The van der Waals surface area contributed by atoms with E-state index in [0.29, 0.717) is 12.1 Å². The number of likely N-dealkylation sites (N-methyl/N-ethyl adjacent to an activating group) is 1. The van der Waals surface area contributed by atoms with Crippen molar-refractivity contribution in [1.29, 1.82) is 0 Å². The van der Waals surface area contributed by atoms with Gasteiger partial charge in [-0.25, -0.2) is 4.79 Å². The second-order valence-corrected chi connectivity index (χ2v) is 6.95. The Morgan fingerprint density at radius 3 is 2.70 bits per heavy atom. The first-order valence-electron chi connectivity index (χ1n) is 8.76. The maximum Gasteiger partial charge on any atom is 0.336 e. The molecule has 1 heterocycles. The highest BCUT2D eigenvalue weighted by Crippen LogP contribution is 2.21. The van der Waals surface area contributed by atoms with Crippen molar-refractivity contribution in [3.63, 3.8) is 0 Å². The number of fused-ring (bicyclic) bond motifs is 1. The van der Waals surface area contributed by atoms with Crippen LogP contribution in [0.2, 0.25) is 0 Å². The molecule has 3 N–H and O–H groups in total. The summed E-state index contributed by atoms with van der Waals surface area (Å²) in [5.74, 6) is -0.0532. The first-order chi connectivity index (χ1) is 12.8. The lowest BCUT2D eigenvalue weighted by atomic mass is 10.1. The zero-order valence-electron chi connectivity index (χ0n) is 15.6. The number of hydrogen-bond donors (Lipinski definition) is 3. The van der Waals surface area contributed by atoms with Crippen LogP contribution in [0.3, 0.4) is 0 Å². The smallest absolute Gasteiger partial charge is 0.336 e. The maximum atomic E-state index is 12.4. The summed E-state index contributed by atoms with van der Waals surface area (Å²) < 4.78 is 5.15. The standard InChI is InChI=1S/C21H22N2O4/c1-13-4-5-14(2)18(8-13)22-20(25)12-23(3)11-15-9-21(26)27-19-10-16(24)6-7-17(15)19/h4-10,24H,11-12H2,1-3H3,(H,22,25)/p+1. The molecule has 0 aliphatic heterocycles. The number of rotatable bonds is 5. The largest absolute Gasteiger partial charge is 0.508 e. The number of nitrogens with one attached hydrogen (secondary N) is 2. The van der Waals surface area contributed by atoms with Gasteiger partial charge in [0.1, 0.15) is 17.9 Å². The minimum absolute atomic E-state index is 0.0383. The molecule has 27 heavy (non-hydrogen) atoms. The van der Waals surface area contributed by atoms with Crippen LogP contribution >= 0.6 is 0 Å². The molecule has 1 aromatic heterocycles. The molecule has 6 nitrogen and oxygen atoms in total. The molecule has 0 aliphatic carbocycles. The number of aromatic hydroxyl groups is 1. The lowest BCUT2D eigenvalue weighted by molar-refractivity contribution is -0.885. The van der Waals surface area contributed by atoms with E-state index in [-0.39, 0.29) is 18.2 Å². The van der Waals surface area contributed by atoms with E-state index in [4.69, 9.17) is 4.42 Å². The fourth-order valence-electron chi connectivity index (χ4n) is 3.09. The Morgan fingerprint density at radius 2 is 1.93 bits per heavy atom. The van der Waals surface area contributed by atoms with E-state index in [2.05, 4.69) is 5.32 Å². The predicted octanol–water partition coefficient (Wildman–Crippen LogP) is 1.77. The van der Waals surface area contributed by atoms with Crippen LogP contribution in [-0.4, -0.2) is 24.6 Å². The highest BCUT2D eigenvalue weighted by molar-refractivity contribution is 5.92. The fraction of sp³-hybridized carbons (Fsp3) is 0.238. The minimum atomic E-state index is -0.476. The van der Waals surface area contributed by atoms with Gasteiger partial charge in [0, 0.05) is 28.8 Å². The summed E-state index contributed by atoms with van der Waals surface area (Å²) in [4.78, 5) is 25.1. The topological polar surface area (TPSA) is 84.0 Å². The zero-order chi connectivity index (χ0) is 19.6. The first kappa shape index (κ1) is 18.7. The molecule has 0 radical (unpaired) electrons. The number of phenolic OH excluding ortho intramolecular Hbond substituents is 1. The van der Waals surface area contributed by atoms with Gasteiger partial charge in [-0.2, -0.15) is 0 Å². The van der Waals surface area contributed by atoms with Crippen molar-refractivity contribution >= 4 is 22.6 Å². The quantitative estimate of drug-likeness (QED) is 0.600. The van der Waals surface area contributed by atoms with Gasteiger partial charge in [-0.05, 0) is 43.2 Å². The molecule has 1 amide bonds. The van der Waals surface area contributed by atoms with E-state index in [1.165, 1.54) is 12.1 Å². The van der Waals surface area contributed by atoms with E-state index in [9.17, 15) is 14.7 Å². The summed E-state index contributed by atoms with van der Waals surface area (Å²) in [7, 11) is 1.89. The maximum absolute atomic E-state index is 12.4. The van der Waals surface area contributed by atoms with Crippen molar-refractivity contribution in [2.45, 2.75) is 20.4 Å². The molecule has 0 saturated heterocycles. The van der Waals surface area contributed by atoms with Crippen LogP contribution in [0.1, 0.15) is 16.7 Å². The Hall–Kier alpha value is -3.12. The summed E-state index contributed by atoms with van der Waals surface area (Å²) in [6, 6.07) is 12.1. The van der Waals surface area contributed by atoms with Crippen molar-refractivity contribution in [1.82, 2.24) is 0 Å². The number of amides is 1. The lowest BCUT2D eigenvalue weighted by Gasteiger charge is -2.15. The Balaban J connectivity index is 1.73. The van der Waals surface area contributed by atoms with Crippen LogP contribution in [-0.2, 0) is 11.3 Å². The van der Waals surface area contributed by atoms with E-state index < -0.39 is 5.63 Å². The molecule has 0 saturated carbocycles. The van der Waals surface area contributed by atoms with Crippen LogP contribution in [0, 0.1) is 13.8 Å². The molecule has 1 unspecified atom stereocenters. The highest BCUT2D eigenvalue weighted by atomic mass is 16.4. The van der Waals surface area contributed by atoms with Gasteiger partial charge < -0.3 is 19.7 Å². The van der Waals surface area contributed by atoms with Crippen molar-refractivity contribution in [3.05, 3.63) is 69.6 Å². The van der Waals surface area contributed by atoms with Gasteiger partial charge in [-0.15, -0.1) is 0 Å². The van der Waals surface area contributed by atoms with Crippen LogP contribution in [0.4, 0.5) is 5.69 Å². The van der Waals surface area contributed by atoms with Crippen LogP contribution in [0.5, 0.6) is 5.75 Å². The Labute approximate surface area is 157 Å². The van der Waals surface area contributed by atoms with Gasteiger partial charge in [0.15, 0.2) is 6.54 Å². The Kier molecular flexibility index (Phi) is 5.28. The van der Waals surface area contributed by atoms with Crippen molar-refractivity contribution < 1.29 is 19.2 Å². The van der Waals surface area contributed by atoms with Gasteiger partial charge in [0.2, 0.25) is 0 Å². The number of quaternary nitrogens is 1.